The van der Waals surface area contributed by atoms with E-state index in [9.17, 15) is 21.6 Å². The van der Waals surface area contributed by atoms with E-state index in [2.05, 4.69) is 23.7 Å². The zero-order valence-corrected chi connectivity index (χ0v) is 25.3. The van der Waals surface area contributed by atoms with Crippen molar-refractivity contribution in [3.8, 4) is 0 Å². The summed E-state index contributed by atoms with van der Waals surface area (Å²) in [7, 11) is -7.03. The summed E-state index contributed by atoms with van der Waals surface area (Å²) < 4.78 is 52.8. The minimum Gasteiger partial charge on any atom is -0.302 e. The summed E-state index contributed by atoms with van der Waals surface area (Å²) in [5.41, 5.74) is 0.969. The van der Waals surface area contributed by atoms with Gasteiger partial charge in [0.15, 0.2) is 15.0 Å². The van der Waals surface area contributed by atoms with Gasteiger partial charge in [-0.05, 0) is 75.3 Å². The number of aromatic nitrogens is 1. The van der Waals surface area contributed by atoms with Crippen molar-refractivity contribution in [2.24, 2.45) is 0 Å². The van der Waals surface area contributed by atoms with Crippen molar-refractivity contribution >= 4 is 52.5 Å². The molecular formula is C27H36N4O5S3. The molecule has 212 valence electrons. The van der Waals surface area contributed by atoms with Crippen LogP contribution >= 0.6 is 11.3 Å². The fourth-order valence-electron chi connectivity index (χ4n) is 4.79. The van der Waals surface area contributed by atoms with Crippen LogP contribution in [0.15, 0.2) is 52.3 Å². The van der Waals surface area contributed by atoms with E-state index in [1.54, 1.807) is 33.5 Å². The van der Waals surface area contributed by atoms with E-state index in [-0.39, 0.29) is 21.7 Å². The number of piperidine rings is 1. The van der Waals surface area contributed by atoms with Crippen LogP contribution in [0.1, 0.15) is 50.4 Å². The lowest BCUT2D eigenvalue weighted by Gasteiger charge is -2.32. The molecule has 12 heteroatoms. The van der Waals surface area contributed by atoms with Gasteiger partial charge in [-0.25, -0.2) is 21.8 Å². The highest BCUT2D eigenvalue weighted by atomic mass is 32.2. The van der Waals surface area contributed by atoms with Gasteiger partial charge in [-0.15, -0.1) is 0 Å². The van der Waals surface area contributed by atoms with Gasteiger partial charge in [-0.3, -0.25) is 9.69 Å². The molecule has 0 N–H and O–H groups in total. The third-order valence-electron chi connectivity index (χ3n) is 7.24. The normalized spacial score (nSPS) is 17.1. The minimum atomic E-state index is -3.65. The molecule has 1 amide bonds. The first kappa shape index (κ1) is 29.6. The molecule has 4 rings (SSSR count). The molecule has 0 radical (unpaired) electrons. The van der Waals surface area contributed by atoms with Gasteiger partial charge in [0.2, 0.25) is 10.0 Å². The molecule has 0 aliphatic carbocycles. The topological polar surface area (TPSA) is 108 Å². The standard InChI is InChI=1S/C27H36N4O5S3/c1-5-29(6-2)17-18-30(27-28-24-15-14-23(38(4,33)34)19-25(24)37-27)26(32)21-10-12-22(13-11-21)39(35,36)31-16-8-7-9-20(31)3/h10-15,19-20H,5-9,16-18H2,1-4H3. The zero-order valence-electron chi connectivity index (χ0n) is 22.8. The van der Waals surface area contributed by atoms with Crippen molar-refractivity contribution in [2.75, 3.05) is 43.9 Å². The Bertz CT molecular complexity index is 1530. The molecule has 9 nitrogen and oxygen atoms in total. The molecule has 1 unspecified atom stereocenters. The van der Waals surface area contributed by atoms with Crippen LogP contribution in [0.3, 0.4) is 0 Å². The number of sulfone groups is 1. The Morgan fingerprint density at radius 1 is 1.00 bits per heavy atom. The fourth-order valence-corrected chi connectivity index (χ4v) is 8.24. The van der Waals surface area contributed by atoms with Crippen molar-refractivity contribution in [1.82, 2.24) is 14.2 Å². The number of likely N-dealkylation sites (N-methyl/N-ethyl adjacent to an activating group) is 1. The van der Waals surface area contributed by atoms with Crippen molar-refractivity contribution < 1.29 is 21.6 Å². The number of benzene rings is 2. The molecule has 3 aromatic rings. The van der Waals surface area contributed by atoms with E-state index in [0.29, 0.717) is 40.5 Å². The number of nitrogens with zero attached hydrogens (tertiary/aromatic N) is 4. The van der Waals surface area contributed by atoms with E-state index in [4.69, 9.17) is 0 Å². The van der Waals surface area contributed by atoms with Crippen LogP contribution in [0.5, 0.6) is 0 Å². The van der Waals surface area contributed by atoms with E-state index >= 15 is 0 Å². The number of rotatable bonds is 10. The summed E-state index contributed by atoms with van der Waals surface area (Å²) in [6, 6.07) is 10.8. The van der Waals surface area contributed by atoms with Crippen molar-refractivity contribution in [3.05, 3.63) is 48.0 Å². The van der Waals surface area contributed by atoms with Crippen LogP contribution in [0.4, 0.5) is 5.13 Å². The second-order valence-electron chi connectivity index (χ2n) is 9.87. The maximum Gasteiger partial charge on any atom is 0.260 e. The lowest BCUT2D eigenvalue weighted by atomic mass is 10.1. The first-order chi connectivity index (χ1) is 18.5. The van der Waals surface area contributed by atoms with Crippen LogP contribution < -0.4 is 4.90 Å². The molecule has 1 aromatic heterocycles. The lowest BCUT2D eigenvalue weighted by Crippen LogP contribution is -2.42. The maximum absolute atomic E-state index is 13.8. The number of thiazole rings is 1. The van der Waals surface area contributed by atoms with Gasteiger partial charge in [0.1, 0.15) is 0 Å². The second kappa shape index (κ2) is 12.0. The van der Waals surface area contributed by atoms with Gasteiger partial charge in [0, 0.05) is 37.5 Å². The van der Waals surface area contributed by atoms with Gasteiger partial charge in [-0.2, -0.15) is 4.31 Å². The molecule has 1 atom stereocenters. The molecule has 1 saturated heterocycles. The fraction of sp³-hybridized carbons (Fsp3) is 0.481. The molecule has 0 spiro atoms. The van der Waals surface area contributed by atoms with E-state index in [1.165, 1.54) is 29.5 Å². The van der Waals surface area contributed by atoms with Gasteiger partial charge < -0.3 is 4.90 Å². The predicted molar refractivity (Wildman–Crippen MR) is 156 cm³/mol. The van der Waals surface area contributed by atoms with E-state index < -0.39 is 19.9 Å². The number of hydrogen-bond acceptors (Lipinski definition) is 8. The number of sulfonamides is 1. The molecular weight excluding hydrogens is 557 g/mol. The summed E-state index contributed by atoms with van der Waals surface area (Å²) in [5.74, 6) is -0.292. The number of fused-ring (bicyclic) bond motifs is 1. The summed E-state index contributed by atoms with van der Waals surface area (Å²) in [5, 5.41) is 0.464. The number of carbonyl (C=O) groups excluding carboxylic acids is 1. The second-order valence-corrected chi connectivity index (χ2v) is 14.8. The first-order valence-corrected chi connectivity index (χ1v) is 17.4. The highest BCUT2D eigenvalue weighted by molar-refractivity contribution is 7.90. The molecule has 1 fully saturated rings. The number of hydrogen-bond donors (Lipinski definition) is 0. The Hall–Kier alpha value is -2.38. The molecule has 0 saturated carbocycles. The number of amides is 1. The van der Waals surface area contributed by atoms with Crippen molar-refractivity contribution in [1.29, 1.82) is 0 Å². The minimum absolute atomic E-state index is 0.0529. The highest BCUT2D eigenvalue weighted by Crippen LogP contribution is 2.32. The molecule has 2 heterocycles. The lowest BCUT2D eigenvalue weighted by molar-refractivity contribution is 0.0983. The van der Waals surface area contributed by atoms with Gasteiger partial charge in [0.25, 0.3) is 5.91 Å². The van der Waals surface area contributed by atoms with Crippen LogP contribution in [0.2, 0.25) is 0 Å². The summed E-state index contributed by atoms with van der Waals surface area (Å²) >= 11 is 1.26. The highest BCUT2D eigenvalue weighted by Gasteiger charge is 2.31. The average molecular weight is 593 g/mol. The van der Waals surface area contributed by atoms with Gasteiger partial charge in [-0.1, -0.05) is 31.6 Å². The third kappa shape index (κ3) is 6.51. The molecule has 0 bridgehead atoms. The van der Waals surface area contributed by atoms with E-state index in [0.717, 1.165) is 38.6 Å². The number of anilines is 1. The van der Waals surface area contributed by atoms with Crippen LogP contribution in [-0.4, -0.2) is 82.0 Å². The van der Waals surface area contributed by atoms with Gasteiger partial charge in [0.05, 0.1) is 20.0 Å². The van der Waals surface area contributed by atoms with Crippen molar-refractivity contribution in [3.63, 3.8) is 0 Å². The van der Waals surface area contributed by atoms with Crippen LogP contribution in [-0.2, 0) is 19.9 Å². The van der Waals surface area contributed by atoms with Crippen molar-refractivity contribution in [2.45, 2.75) is 55.9 Å². The number of carbonyl (C=O) groups is 1. The average Bonchev–Trinajstić information content (AvgIpc) is 3.34. The Morgan fingerprint density at radius 2 is 1.67 bits per heavy atom. The Kier molecular flexibility index (Phi) is 9.12. The Morgan fingerprint density at radius 3 is 2.28 bits per heavy atom. The molecule has 1 aliphatic rings. The van der Waals surface area contributed by atoms with Gasteiger partial charge >= 0.3 is 0 Å². The van der Waals surface area contributed by atoms with Crippen LogP contribution in [0, 0.1) is 0 Å². The third-order valence-corrected chi connectivity index (χ3v) is 11.4. The maximum atomic E-state index is 13.8. The summed E-state index contributed by atoms with van der Waals surface area (Å²) in [6.45, 7) is 9.22. The molecule has 1 aliphatic heterocycles. The zero-order chi connectivity index (χ0) is 28.4. The smallest absolute Gasteiger partial charge is 0.260 e. The van der Waals surface area contributed by atoms with E-state index in [1.807, 2.05) is 6.92 Å². The largest absolute Gasteiger partial charge is 0.302 e. The summed E-state index contributed by atoms with van der Waals surface area (Å²) in [4.78, 5) is 22.6. The Balaban J connectivity index is 1.65. The quantitative estimate of drug-likeness (QED) is 0.346. The molecule has 2 aromatic carbocycles. The summed E-state index contributed by atoms with van der Waals surface area (Å²) in [6.07, 6.45) is 3.86. The SMILES string of the molecule is CCN(CC)CCN(C(=O)c1ccc(S(=O)(=O)N2CCCCC2C)cc1)c1nc2ccc(S(C)(=O)=O)cc2s1. The molecule has 39 heavy (non-hydrogen) atoms. The first-order valence-electron chi connectivity index (χ1n) is 13.2. The Labute approximate surface area is 235 Å². The predicted octanol–water partition coefficient (Wildman–Crippen LogP) is 4.25. The van der Waals surface area contributed by atoms with Crippen LogP contribution in [0.25, 0.3) is 10.2 Å². The monoisotopic (exact) mass is 592 g/mol.